The van der Waals surface area contributed by atoms with Crippen LogP contribution in [0.15, 0.2) is 47.2 Å². The fourth-order valence-corrected chi connectivity index (χ4v) is 1.52. The quantitative estimate of drug-likeness (QED) is 0.807. The molecule has 0 aliphatic heterocycles. The predicted molar refractivity (Wildman–Crippen MR) is 63.6 cm³/mol. The van der Waals surface area contributed by atoms with E-state index >= 15 is 0 Å². The number of carbonyl (C=O) groups is 1. The molecule has 4 nitrogen and oxygen atoms in total. The van der Waals surface area contributed by atoms with Gasteiger partial charge >= 0.3 is 0 Å². The Bertz CT molecular complexity index is 465. The van der Waals surface area contributed by atoms with Gasteiger partial charge < -0.3 is 9.32 Å². The van der Waals surface area contributed by atoms with Crippen LogP contribution in [0.1, 0.15) is 16.2 Å². The minimum Gasteiger partial charge on any atom is -0.469 e. The van der Waals surface area contributed by atoms with Crippen LogP contribution in [0, 0.1) is 0 Å². The summed E-state index contributed by atoms with van der Waals surface area (Å²) in [6, 6.07) is 9.06. The van der Waals surface area contributed by atoms with Crippen LogP contribution in [0.4, 0.5) is 0 Å². The lowest BCUT2D eigenvalue weighted by atomic mass is 10.3. The molecule has 0 fully saturated rings. The lowest BCUT2D eigenvalue weighted by Crippen LogP contribution is -2.29. The van der Waals surface area contributed by atoms with Crippen LogP contribution in [0.5, 0.6) is 0 Å². The fourth-order valence-electron chi connectivity index (χ4n) is 1.52. The Morgan fingerprint density at radius 2 is 2.24 bits per heavy atom. The molecule has 0 spiro atoms. The summed E-state index contributed by atoms with van der Waals surface area (Å²) in [7, 11) is 1.76. The van der Waals surface area contributed by atoms with Crippen LogP contribution in [0.2, 0.25) is 0 Å². The molecule has 0 N–H and O–H groups in total. The van der Waals surface area contributed by atoms with E-state index < -0.39 is 0 Å². The zero-order valence-electron chi connectivity index (χ0n) is 9.67. The standard InChI is InChI=1S/C13H14N2O2/c1-15(9-7-11-5-4-10-17-11)13(16)12-6-2-3-8-14-12/h2-6,8,10H,7,9H2,1H3. The average Bonchev–Trinajstić information content (AvgIpc) is 2.89. The number of nitrogens with zero attached hydrogens (tertiary/aromatic N) is 2. The highest BCUT2D eigenvalue weighted by molar-refractivity contribution is 5.92. The Kier molecular flexibility index (Phi) is 3.55. The zero-order chi connectivity index (χ0) is 12.1. The van der Waals surface area contributed by atoms with Gasteiger partial charge in [0, 0.05) is 26.2 Å². The maximum Gasteiger partial charge on any atom is 0.272 e. The number of likely N-dealkylation sites (N-methyl/N-ethyl adjacent to an activating group) is 1. The van der Waals surface area contributed by atoms with E-state index in [1.165, 1.54) is 0 Å². The molecule has 0 saturated heterocycles. The smallest absolute Gasteiger partial charge is 0.272 e. The number of hydrogen-bond acceptors (Lipinski definition) is 3. The maximum atomic E-state index is 11.9. The molecule has 2 rings (SSSR count). The van der Waals surface area contributed by atoms with Gasteiger partial charge in [-0.2, -0.15) is 0 Å². The first-order valence-corrected chi connectivity index (χ1v) is 5.46. The van der Waals surface area contributed by atoms with Gasteiger partial charge in [0.05, 0.1) is 6.26 Å². The van der Waals surface area contributed by atoms with Crippen molar-refractivity contribution in [3.63, 3.8) is 0 Å². The van der Waals surface area contributed by atoms with Gasteiger partial charge in [-0.15, -0.1) is 0 Å². The molecule has 17 heavy (non-hydrogen) atoms. The van der Waals surface area contributed by atoms with Crippen molar-refractivity contribution < 1.29 is 9.21 Å². The Balaban J connectivity index is 1.92. The first-order valence-electron chi connectivity index (χ1n) is 5.46. The second-order valence-corrected chi connectivity index (χ2v) is 3.77. The molecule has 1 amide bonds. The zero-order valence-corrected chi connectivity index (χ0v) is 9.67. The summed E-state index contributed by atoms with van der Waals surface area (Å²) in [5, 5.41) is 0. The maximum absolute atomic E-state index is 11.9. The second-order valence-electron chi connectivity index (χ2n) is 3.77. The summed E-state index contributed by atoms with van der Waals surface area (Å²) < 4.78 is 5.22. The van der Waals surface area contributed by atoms with Crippen molar-refractivity contribution >= 4 is 5.91 Å². The Hall–Kier alpha value is -2.10. The Morgan fingerprint density at radius 1 is 1.35 bits per heavy atom. The van der Waals surface area contributed by atoms with Crippen molar-refractivity contribution in [2.24, 2.45) is 0 Å². The Morgan fingerprint density at radius 3 is 2.88 bits per heavy atom. The van der Waals surface area contributed by atoms with Crippen molar-refractivity contribution in [3.05, 3.63) is 54.2 Å². The highest BCUT2D eigenvalue weighted by Crippen LogP contribution is 2.04. The van der Waals surface area contributed by atoms with Crippen LogP contribution in [0.25, 0.3) is 0 Å². The lowest BCUT2D eigenvalue weighted by Gasteiger charge is -2.15. The van der Waals surface area contributed by atoms with E-state index in [9.17, 15) is 4.79 Å². The molecule has 2 heterocycles. The van der Waals surface area contributed by atoms with Crippen molar-refractivity contribution in [1.82, 2.24) is 9.88 Å². The van der Waals surface area contributed by atoms with Gasteiger partial charge in [0.15, 0.2) is 0 Å². The predicted octanol–water partition coefficient (Wildman–Crippen LogP) is 1.99. The molecule has 0 saturated carbocycles. The molecule has 0 radical (unpaired) electrons. The molecule has 0 bridgehead atoms. The molecule has 4 heteroatoms. The summed E-state index contributed by atoms with van der Waals surface area (Å²) >= 11 is 0. The van der Waals surface area contributed by atoms with Crippen LogP contribution in [0.3, 0.4) is 0 Å². The number of amides is 1. The topological polar surface area (TPSA) is 46.3 Å². The number of hydrogen-bond donors (Lipinski definition) is 0. The largest absolute Gasteiger partial charge is 0.469 e. The SMILES string of the molecule is CN(CCc1ccco1)C(=O)c1ccccn1. The van der Waals surface area contributed by atoms with E-state index in [-0.39, 0.29) is 5.91 Å². The summed E-state index contributed by atoms with van der Waals surface area (Å²) in [5.41, 5.74) is 0.467. The van der Waals surface area contributed by atoms with Crippen LogP contribution < -0.4 is 0 Å². The summed E-state index contributed by atoms with van der Waals surface area (Å²) in [5.74, 6) is 0.808. The van der Waals surface area contributed by atoms with Crippen LogP contribution in [-0.2, 0) is 6.42 Å². The van der Waals surface area contributed by atoms with Gasteiger partial charge in [0.2, 0.25) is 0 Å². The van der Waals surface area contributed by atoms with Gasteiger partial charge in [-0.1, -0.05) is 6.07 Å². The summed E-state index contributed by atoms with van der Waals surface area (Å²) in [4.78, 5) is 17.6. The van der Waals surface area contributed by atoms with Crippen molar-refractivity contribution in [3.8, 4) is 0 Å². The van der Waals surface area contributed by atoms with Gasteiger partial charge in [-0.05, 0) is 24.3 Å². The highest BCUT2D eigenvalue weighted by atomic mass is 16.3. The van der Waals surface area contributed by atoms with Crippen LogP contribution >= 0.6 is 0 Å². The van der Waals surface area contributed by atoms with Gasteiger partial charge in [-0.25, -0.2) is 0 Å². The summed E-state index contributed by atoms with van der Waals surface area (Å²) in [6.45, 7) is 0.614. The van der Waals surface area contributed by atoms with E-state index in [0.717, 1.165) is 5.76 Å². The molecule has 88 valence electrons. The van der Waals surface area contributed by atoms with Gasteiger partial charge in [-0.3, -0.25) is 9.78 Å². The number of pyridine rings is 1. The van der Waals surface area contributed by atoms with Crippen molar-refractivity contribution in [2.45, 2.75) is 6.42 Å². The second kappa shape index (κ2) is 5.30. The normalized spacial score (nSPS) is 10.2. The molecular weight excluding hydrogens is 216 g/mol. The third kappa shape index (κ3) is 2.93. The van der Waals surface area contributed by atoms with Crippen molar-refractivity contribution in [1.29, 1.82) is 0 Å². The molecule has 0 aromatic carbocycles. The minimum atomic E-state index is -0.0721. The number of aromatic nitrogens is 1. The molecule has 0 aliphatic rings. The van der Waals surface area contributed by atoms with Crippen LogP contribution in [-0.4, -0.2) is 29.4 Å². The molecule has 0 atom stereocenters. The van der Waals surface area contributed by atoms with E-state index in [1.807, 2.05) is 12.1 Å². The third-order valence-corrected chi connectivity index (χ3v) is 2.50. The molecule has 0 aliphatic carbocycles. The number of carbonyl (C=O) groups excluding carboxylic acids is 1. The van der Waals surface area contributed by atoms with Crippen molar-refractivity contribution in [2.75, 3.05) is 13.6 Å². The first-order chi connectivity index (χ1) is 8.27. The van der Waals surface area contributed by atoms with Gasteiger partial charge in [0.1, 0.15) is 11.5 Å². The molecular formula is C13H14N2O2. The van der Waals surface area contributed by atoms with E-state index in [1.54, 1.807) is 42.6 Å². The fraction of sp³-hybridized carbons (Fsp3) is 0.231. The lowest BCUT2D eigenvalue weighted by molar-refractivity contribution is 0.0789. The first kappa shape index (κ1) is 11.4. The third-order valence-electron chi connectivity index (χ3n) is 2.50. The number of furan rings is 1. The van der Waals surface area contributed by atoms with E-state index in [4.69, 9.17) is 4.42 Å². The van der Waals surface area contributed by atoms with E-state index in [0.29, 0.717) is 18.7 Å². The highest BCUT2D eigenvalue weighted by Gasteiger charge is 2.12. The average molecular weight is 230 g/mol. The minimum absolute atomic E-state index is 0.0721. The molecule has 0 unspecified atom stereocenters. The Labute approximate surface area is 99.9 Å². The monoisotopic (exact) mass is 230 g/mol. The molecule has 2 aromatic rings. The number of rotatable bonds is 4. The van der Waals surface area contributed by atoms with E-state index in [2.05, 4.69) is 4.98 Å². The molecule has 2 aromatic heterocycles. The summed E-state index contributed by atoms with van der Waals surface area (Å²) in [6.07, 6.45) is 3.96. The van der Waals surface area contributed by atoms with Gasteiger partial charge in [0.25, 0.3) is 5.91 Å².